The first-order valence-corrected chi connectivity index (χ1v) is 11.9. The molecule has 12 heteroatoms. The zero-order valence-corrected chi connectivity index (χ0v) is 18.4. The van der Waals surface area contributed by atoms with Crippen LogP contribution in [-0.2, 0) is 20.2 Å². The zero-order chi connectivity index (χ0) is 25.3. The maximum absolute atomic E-state index is 12.6. The van der Waals surface area contributed by atoms with Crippen LogP contribution >= 0.6 is 0 Å². The lowest BCUT2D eigenvalue weighted by Crippen LogP contribution is -2.10. The van der Waals surface area contributed by atoms with Crippen LogP contribution in [-0.4, -0.2) is 25.9 Å². The first-order chi connectivity index (χ1) is 16.0. The predicted octanol–water partition coefficient (Wildman–Crippen LogP) is 3.00. The molecule has 0 heterocycles. The van der Waals surface area contributed by atoms with Crippen molar-refractivity contribution in [3.8, 4) is 46.5 Å². The van der Waals surface area contributed by atoms with E-state index in [-0.39, 0.29) is 38.9 Å². The fraction of sp³-hybridized carbons (Fsp3) is 0. The van der Waals surface area contributed by atoms with Crippen LogP contribution in [0, 0.1) is 45.3 Å². The lowest BCUT2D eigenvalue weighted by Gasteiger charge is -2.18. The van der Waals surface area contributed by atoms with Gasteiger partial charge in [0.2, 0.25) is 0 Å². The topological polar surface area (TPSA) is 204 Å². The van der Waals surface area contributed by atoms with Crippen molar-refractivity contribution in [1.29, 1.82) is 21.0 Å². The Morgan fingerprint density at radius 3 is 1.50 bits per heavy atom. The number of nitriles is 4. The highest BCUT2D eigenvalue weighted by molar-refractivity contribution is 7.87. The van der Waals surface area contributed by atoms with E-state index in [1.165, 1.54) is 24.3 Å². The molecule has 0 saturated heterocycles. The summed E-state index contributed by atoms with van der Waals surface area (Å²) in [6.45, 7) is 0. The van der Waals surface area contributed by atoms with Crippen LogP contribution in [0.2, 0.25) is 0 Å². The number of benzene rings is 3. The molecule has 0 radical (unpaired) electrons. The van der Waals surface area contributed by atoms with E-state index in [4.69, 9.17) is 10.5 Å². The Labute approximate surface area is 194 Å². The zero-order valence-electron chi connectivity index (χ0n) is 16.8. The van der Waals surface area contributed by atoms with E-state index < -0.39 is 35.6 Å². The minimum Gasteiger partial charge on any atom is -0.282 e. The molecule has 0 unspecified atom stereocenters. The molecule has 10 nitrogen and oxygen atoms in total. The van der Waals surface area contributed by atoms with Crippen molar-refractivity contribution in [2.24, 2.45) is 0 Å². The molecule has 3 rings (SSSR count). The normalized spacial score (nSPS) is 11.0. The molecule has 2 N–H and O–H groups in total. The Morgan fingerprint density at radius 2 is 1.06 bits per heavy atom. The lowest BCUT2D eigenvalue weighted by atomic mass is 9.92. The maximum Gasteiger partial charge on any atom is 0.295 e. The molecule has 0 saturated carbocycles. The molecule has 0 spiro atoms. The molecule has 0 aliphatic heterocycles. The van der Waals surface area contributed by atoms with Gasteiger partial charge in [0.05, 0.1) is 46.5 Å². The Kier molecular flexibility index (Phi) is 6.21. The van der Waals surface area contributed by atoms with E-state index >= 15 is 0 Å². The molecular weight excluding hydrogens is 480 g/mol. The van der Waals surface area contributed by atoms with Crippen LogP contribution in [0.15, 0.2) is 58.3 Å². The molecule has 0 aliphatic rings. The van der Waals surface area contributed by atoms with Gasteiger partial charge in [0.25, 0.3) is 20.2 Å². The highest BCUT2D eigenvalue weighted by atomic mass is 32.2. The van der Waals surface area contributed by atoms with Crippen molar-refractivity contribution in [1.82, 2.24) is 0 Å². The van der Waals surface area contributed by atoms with E-state index in [9.17, 15) is 36.5 Å². The van der Waals surface area contributed by atoms with E-state index in [0.717, 1.165) is 24.3 Å². The van der Waals surface area contributed by atoms with E-state index in [1.807, 2.05) is 6.07 Å². The van der Waals surface area contributed by atoms with E-state index in [0.29, 0.717) is 0 Å². The molecule has 0 atom stereocenters. The first kappa shape index (κ1) is 24.1. The molecule has 3 aromatic rings. The molecule has 0 fully saturated rings. The predicted molar refractivity (Wildman–Crippen MR) is 116 cm³/mol. The van der Waals surface area contributed by atoms with Gasteiger partial charge >= 0.3 is 0 Å². The van der Waals surface area contributed by atoms with Crippen LogP contribution in [0.4, 0.5) is 0 Å². The maximum atomic E-state index is 12.6. The van der Waals surface area contributed by atoms with Crippen molar-refractivity contribution in [2.45, 2.75) is 9.79 Å². The van der Waals surface area contributed by atoms with Crippen molar-refractivity contribution in [3.05, 3.63) is 70.8 Å². The largest absolute Gasteiger partial charge is 0.295 e. The van der Waals surface area contributed by atoms with Gasteiger partial charge in [0.15, 0.2) is 0 Å². The van der Waals surface area contributed by atoms with Gasteiger partial charge < -0.3 is 0 Å². The number of nitrogens with zero attached hydrogens (tertiary/aromatic N) is 4. The third-order valence-electron chi connectivity index (χ3n) is 4.75. The molecule has 3 aromatic carbocycles. The summed E-state index contributed by atoms with van der Waals surface area (Å²) >= 11 is 0. The quantitative estimate of drug-likeness (QED) is 0.511. The molecule has 0 amide bonds. The van der Waals surface area contributed by atoms with E-state index in [1.54, 1.807) is 18.2 Å². The third kappa shape index (κ3) is 4.35. The van der Waals surface area contributed by atoms with Crippen molar-refractivity contribution >= 4 is 20.2 Å². The van der Waals surface area contributed by atoms with Gasteiger partial charge in [-0.05, 0) is 30.3 Å². The average Bonchev–Trinajstić information content (AvgIpc) is 2.80. The first-order valence-electron chi connectivity index (χ1n) is 8.97. The SMILES string of the molecule is N#Cc1ccc(-c2ccc(S(=O)(=O)O)c(-c3ccc(C#N)cc3C#N)c2S(=O)(=O)O)c(C#N)c1. The van der Waals surface area contributed by atoms with E-state index in [2.05, 4.69) is 0 Å². The van der Waals surface area contributed by atoms with Crippen molar-refractivity contribution in [3.63, 3.8) is 0 Å². The minimum atomic E-state index is -5.25. The standard InChI is InChI=1S/C22H10N4O6S2/c23-9-13-1-3-17(15(7-13)11-25)19-5-6-20(33(27,28)29)21(22(19)34(30,31)32)18-4-2-14(10-24)8-16(18)12-26/h1-8H,(H,27,28,29)(H,30,31,32). The van der Waals surface area contributed by atoms with Crippen molar-refractivity contribution in [2.75, 3.05) is 0 Å². The smallest absolute Gasteiger partial charge is 0.282 e. The molecule has 34 heavy (non-hydrogen) atoms. The van der Waals surface area contributed by atoms with Crippen LogP contribution in [0.3, 0.4) is 0 Å². The number of rotatable bonds is 4. The summed E-state index contributed by atoms with van der Waals surface area (Å²) in [7, 11) is -10.3. The summed E-state index contributed by atoms with van der Waals surface area (Å²) in [6.07, 6.45) is 0. The Morgan fingerprint density at radius 1 is 0.588 bits per heavy atom. The highest BCUT2D eigenvalue weighted by Crippen LogP contribution is 2.42. The fourth-order valence-corrected chi connectivity index (χ4v) is 5.09. The summed E-state index contributed by atoms with van der Waals surface area (Å²) in [4.78, 5) is -1.93. The molecule has 0 bridgehead atoms. The second-order valence-electron chi connectivity index (χ2n) is 6.73. The van der Waals surface area contributed by atoms with Crippen LogP contribution in [0.1, 0.15) is 22.3 Å². The van der Waals surface area contributed by atoms with Gasteiger partial charge in [0.1, 0.15) is 9.79 Å². The van der Waals surface area contributed by atoms with Gasteiger partial charge in [-0.25, -0.2) is 0 Å². The number of hydrogen-bond donors (Lipinski definition) is 2. The Hall–Kier alpha value is -4.56. The third-order valence-corrected chi connectivity index (χ3v) is 6.59. The number of hydrogen-bond acceptors (Lipinski definition) is 8. The summed E-state index contributed by atoms with van der Waals surface area (Å²) < 4.78 is 69.3. The Bertz CT molecular complexity index is 1750. The van der Waals surface area contributed by atoms with Gasteiger partial charge in [-0.15, -0.1) is 0 Å². The molecule has 0 aliphatic carbocycles. The summed E-state index contributed by atoms with van der Waals surface area (Å²) in [5, 5.41) is 37.3. The van der Waals surface area contributed by atoms with Crippen LogP contribution in [0.5, 0.6) is 0 Å². The van der Waals surface area contributed by atoms with Gasteiger partial charge in [-0.3, -0.25) is 9.11 Å². The minimum absolute atomic E-state index is 0.0112. The van der Waals surface area contributed by atoms with Gasteiger partial charge in [-0.1, -0.05) is 18.2 Å². The molecular formula is C22H10N4O6S2. The summed E-state index contributed by atoms with van der Waals surface area (Å²) in [5.41, 5.74) is -1.79. The Balaban J connectivity index is 2.63. The lowest BCUT2D eigenvalue weighted by molar-refractivity contribution is 0.482. The van der Waals surface area contributed by atoms with Gasteiger partial charge in [0, 0.05) is 22.3 Å². The summed E-state index contributed by atoms with van der Waals surface area (Å²) in [5.74, 6) is 0. The molecule has 166 valence electrons. The highest BCUT2D eigenvalue weighted by Gasteiger charge is 2.31. The summed E-state index contributed by atoms with van der Waals surface area (Å²) in [6, 6.07) is 16.0. The fourth-order valence-electron chi connectivity index (χ4n) is 3.38. The second-order valence-corrected chi connectivity index (χ2v) is 9.48. The van der Waals surface area contributed by atoms with Crippen LogP contribution < -0.4 is 0 Å². The molecule has 0 aromatic heterocycles. The average molecular weight is 490 g/mol. The van der Waals surface area contributed by atoms with Crippen LogP contribution in [0.25, 0.3) is 22.3 Å². The van der Waals surface area contributed by atoms with Gasteiger partial charge in [-0.2, -0.15) is 37.9 Å². The van der Waals surface area contributed by atoms with Crippen molar-refractivity contribution < 1.29 is 25.9 Å². The second kappa shape index (κ2) is 8.76. The monoisotopic (exact) mass is 490 g/mol.